The van der Waals surface area contributed by atoms with Gasteiger partial charge < -0.3 is 4.74 Å². The van der Waals surface area contributed by atoms with Gasteiger partial charge in [-0.2, -0.15) is 5.26 Å². The van der Waals surface area contributed by atoms with E-state index < -0.39 is 11.6 Å². The van der Waals surface area contributed by atoms with Crippen molar-refractivity contribution in [3.8, 4) is 6.07 Å². The van der Waals surface area contributed by atoms with Crippen LogP contribution in [0.2, 0.25) is 0 Å². The molecule has 0 aromatic heterocycles. The van der Waals surface area contributed by atoms with Crippen molar-refractivity contribution in [2.24, 2.45) is 0 Å². The molecular weight excluding hydrogens is 197 g/mol. The molecule has 0 aliphatic carbocycles. The minimum atomic E-state index is -2.54. The van der Waals surface area contributed by atoms with Gasteiger partial charge in [0, 0.05) is 12.3 Å². The Balaban J connectivity index is 4.27. The van der Waals surface area contributed by atoms with E-state index in [-0.39, 0.29) is 25.3 Å². The van der Waals surface area contributed by atoms with Crippen molar-refractivity contribution < 1.29 is 13.9 Å². The number of carbonyl (C=O) groups is 1. The van der Waals surface area contributed by atoms with Gasteiger partial charge in [0.15, 0.2) is 0 Å². The summed E-state index contributed by atoms with van der Waals surface area (Å²) in [5.41, 5.74) is -2.54. The van der Waals surface area contributed by atoms with Gasteiger partial charge in [0.2, 0.25) is 0 Å². The molecule has 5 heteroatoms. The van der Waals surface area contributed by atoms with Crippen LogP contribution in [-0.4, -0.2) is 24.1 Å². The van der Waals surface area contributed by atoms with Crippen LogP contribution in [0, 0.1) is 11.3 Å². The smallest absolute Gasteiger partial charge is 0.358 e. The maximum Gasteiger partial charge on any atom is 0.358 e. The molecule has 0 saturated heterocycles. The van der Waals surface area contributed by atoms with Crippen LogP contribution in [0.3, 0.4) is 0 Å². The van der Waals surface area contributed by atoms with E-state index in [0.717, 1.165) is 0 Å². The van der Waals surface area contributed by atoms with E-state index in [4.69, 9.17) is 16.9 Å². The van der Waals surface area contributed by atoms with Crippen LogP contribution in [0.25, 0.3) is 0 Å². The molecule has 0 spiro atoms. The van der Waals surface area contributed by atoms with Gasteiger partial charge in [0.05, 0.1) is 6.61 Å². The summed E-state index contributed by atoms with van der Waals surface area (Å²) in [5, 5.41) is 8.44. The van der Waals surface area contributed by atoms with Gasteiger partial charge in [-0.15, -0.1) is 11.6 Å². The van der Waals surface area contributed by atoms with Gasteiger partial charge >= 0.3 is 5.97 Å². The average Bonchev–Trinajstić information content (AvgIpc) is 2.14. The summed E-state index contributed by atoms with van der Waals surface area (Å²) in [6.07, 6.45) is 0.0518. The van der Waals surface area contributed by atoms with Gasteiger partial charge in [0.1, 0.15) is 6.07 Å². The van der Waals surface area contributed by atoms with Crippen LogP contribution in [0.1, 0.15) is 19.8 Å². The molecule has 0 saturated carbocycles. The Morgan fingerprint density at radius 2 is 2.38 bits per heavy atom. The number of hydrogen-bond donors (Lipinski definition) is 0. The number of halogens is 2. The molecule has 0 aliphatic heterocycles. The Hall–Kier alpha value is -0.820. The molecule has 0 fully saturated rings. The summed E-state index contributed by atoms with van der Waals surface area (Å²) in [6.45, 7) is 1.62. The van der Waals surface area contributed by atoms with Gasteiger partial charge in [-0.05, 0) is 13.3 Å². The molecule has 0 radical (unpaired) electrons. The average molecular weight is 208 g/mol. The summed E-state index contributed by atoms with van der Waals surface area (Å²) in [7, 11) is 0. The highest BCUT2D eigenvalue weighted by atomic mass is 35.5. The Morgan fingerprint density at radius 1 is 1.77 bits per heavy atom. The van der Waals surface area contributed by atoms with E-state index in [9.17, 15) is 9.18 Å². The van der Waals surface area contributed by atoms with Crippen molar-refractivity contribution in [3.05, 3.63) is 0 Å². The van der Waals surface area contributed by atoms with Crippen LogP contribution in [0.5, 0.6) is 0 Å². The van der Waals surface area contributed by atoms with E-state index in [2.05, 4.69) is 4.74 Å². The topological polar surface area (TPSA) is 50.1 Å². The lowest BCUT2D eigenvalue weighted by Gasteiger charge is -2.14. The van der Waals surface area contributed by atoms with E-state index in [1.54, 1.807) is 6.92 Å². The van der Waals surface area contributed by atoms with Crippen molar-refractivity contribution in [2.45, 2.75) is 25.4 Å². The van der Waals surface area contributed by atoms with Crippen molar-refractivity contribution >= 4 is 17.6 Å². The minimum absolute atomic E-state index is 0.0626. The number of ether oxygens (including phenoxy) is 1. The van der Waals surface area contributed by atoms with Gasteiger partial charge in [-0.1, -0.05) is 0 Å². The fourth-order valence-electron chi connectivity index (χ4n) is 0.760. The molecule has 0 aliphatic rings. The predicted octanol–water partition coefficient (Wildman–Crippen LogP) is 1.80. The quantitative estimate of drug-likeness (QED) is 0.510. The molecule has 1 unspecified atom stereocenters. The first-order chi connectivity index (χ1) is 6.10. The molecule has 0 amide bonds. The SMILES string of the molecule is CCOC(=O)C(F)(C#N)CCCCl. The van der Waals surface area contributed by atoms with Gasteiger partial charge in [0.25, 0.3) is 5.67 Å². The third kappa shape index (κ3) is 3.60. The molecule has 74 valence electrons. The fraction of sp³-hybridized carbons (Fsp3) is 0.750. The largest absolute Gasteiger partial charge is 0.463 e. The number of carbonyl (C=O) groups excluding carboxylic acids is 1. The molecule has 3 nitrogen and oxygen atoms in total. The summed E-state index contributed by atoms with van der Waals surface area (Å²) in [4.78, 5) is 10.9. The zero-order chi connectivity index (χ0) is 10.3. The molecule has 13 heavy (non-hydrogen) atoms. The number of hydrogen-bond acceptors (Lipinski definition) is 3. The van der Waals surface area contributed by atoms with Crippen LogP contribution >= 0.6 is 11.6 Å². The second kappa shape index (κ2) is 5.76. The number of alkyl halides is 2. The van der Waals surface area contributed by atoms with E-state index in [0.29, 0.717) is 0 Å². The van der Waals surface area contributed by atoms with Crippen LogP contribution in [0.15, 0.2) is 0 Å². The van der Waals surface area contributed by atoms with Crippen molar-refractivity contribution in [1.29, 1.82) is 5.26 Å². The molecule has 1 atom stereocenters. The number of rotatable bonds is 5. The van der Waals surface area contributed by atoms with Crippen LogP contribution in [-0.2, 0) is 9.53 Å². The lowest BCUT2D eigenvalue weighted by Crippen LogP contribution is -2.34. The monoisotopic (exact) mass is 207 g/mol. The number of nitriles is 1. The maximum atomic E-state index is 13.4. The third-order valence-electron chi connectivity index (χ3n) is 1.43. The Bertz CT molecular complexity index is 217. The Morgan fingerprint density at radius 3 is 2.77 bits per heavy atom. The Labute approximate surface area is 81.4 Å². The molecule has 0 N–H and O–H groups in total. The summed E-state index contributed by atoms with van der Waals surface area (Å²) in [6, 6.07) is 1.30. The second-order valence-corrected chi connectivity index (χ2v) is 2.80. The summed E-state index contributed by atoms with van der Waals surface area (Å²) in [5.74, 6) is -0.908. The van der Waals surface area contributed by atoms with Crippen molar-refractivity contribution in [1.82, 2.24) is 0 Å². The highest BCUT2D eigenvalue weighted by Crippen LogP contribution is 2.19. The van der Waals surface area contributed by atoms with E-state index in [1.165, 1.54) is 6.07 Å². The molecule has 0 heterocycles. The first-order valence-electron chi connectivity index (χ1n) is 3.94. The van der Waals surface area contributed by atoms with E-state index in [1.807, 2.05) is 0 Å². The number of esters is 1. The lowest BCUT2D eigenvalue weighted by molar-refractivity contribution is -0.153. The minimum Gasteiger partial charge on any atom is -0.463 e. The fourth-order valence-corrected chi connectivity index (χ4v) is 0.893. The van der Waals surface area contributed by atoms with Gasteiger partial charge in [-0.25, -0.2) is 9.18 Å². The molecular formula is C8H11ClFNO2. The van der Waals surface area contributed by atoms with Crippen LogP contribution < -0.4 is 0 Å². The van der Waals surface area contributed by atoms with E-state index >= 15 is 0 Å². The molecule has 0 rings (SSSR count). The maximum absolute atomic E-state index is 13.4. The third-order valence-corrected chi connectivity index (χ3v) is 1.70. The van der Waals surface area contributed by atoms with Crippen molar-refractivity contribution in [3.63, 3.8) is 0 Å². The predicted molar refractivity (Wildman–Crippen MR) is 46.0 cm³/mol. The lowest BCUT2D eigenvalue weighted by atomic mass is 10.0. The number of nitrogens with zero attached hydrogens (tertiary/aromatic N) is 1. The zero-order valence-corrected chi connectivity index (χ0v) is 8.10. The Kier molecular flexibility index (Phi) is 5.40. The van der Waals surface area contributed by atoms with Gasteiger partial charge in [-0.3, -0.25) is 0 Å². The first-order valence-corrected chi connectivity index (χ1v) is 4.47. The first kappa shape index (κ1) is 12.2. The summed E-state index contributed by atoms with van der Waals surface area (Å²) >= 11 is 5.32. The highest BCUT2D eigenvalue weighted by Gasteiger charge is 2.39. The normalized spacial score (nSPS) is 14.3. The molecule has 0 bridgehead atoms. The van der Waals surface area contributed by atoms with Crippen LogP contribution in [0.4, 0.5) is 4.39 Å². The molecule has 0 aromatic carbocycles. The zero-order valence-electron chi connectivity index (χ0n) is 7.35. The van der Waals surface area contributed by atoms with Crippen molar-refractivity contribution in [2.75, 3.05) is 12.5 Å². The standard InChI is InChI=1S/C8H11ClFNO2/c1-2-13-7(12)8(10,6-11)4-3-5-9/h2-5H2,1H3. The second-order valence-electron chi connectivity index (χ2n) is 2.43. The summed E-state index contributed by atoms with van der Waals surface area (Å²) < 4.78 is 17.8. The molecule has 0 aromatic rings. The highest BCUT2D eigenvalue weighted by molar-refractivity contribution is 6.17.